The summed E-state index contributed by atoms with van der Waals surface area (Å²) in [4.78, 5) is 37.3. The Hall–Kier alpha value is -5.35. The first-order valence-electron chi connectivity index (χ1n) is 29.3. The van der Waals surface area contributed by atoms with Crippen LogP contribution >= 0.6 is 0 Å². The van der Waals surface area contributed by atoms with Gasteiger partial charge in [0, 0.05) is 12.8 Å². The molecule has 0 radical (unpaired) electrons. The lowest BCUT2D eigenvalue weighted by Gasteiger charge is -2.26. The van der Waals surface area contributed by atoms with Gasteiger partial charge in [0.2, 0.25) is 0 Å². The summed E-state index contributed by atoms with van der Waals surface area (Å²) < 4.78 is 22.6. The molecule has 0 saturated heterocycles. The van der Waals surface area contributed by atoms with Crippen molar-refractivity contribution >= 4 is 17.9 Å². The highest BCUT2D eigenvalue weighted by molar-refractivity contribution is 5.70. The van der Waals surface area contributed by atoms with Gasteiger partial charge < -0.3 is 33.3 Å². The molecule has 0 N–H and O–H groups in total. The molecule has 2 atom stereocenters. The average molecular weight is 1060 g/mol. The number of hydrogen-bond donors (Lipinski definition) is 0. The number of carbonyl (C=O) groups is 3. The molecular weight excluding hydrogens is 959 g/mol. The van der Waals surface area contributed by atoms with Crippen LogP contribution in [0.15, 0.2) is 170 Å². The third-order valence-corrected chi connectivity index (χ3v) is 11.5. The summed E-state index contributed by atoms with van der Waals surface area (Å²) in [6.07, 6.45) is 82.6. The number of carbonyl (C=O) groups excluding carboxylic acids is 3. The zero-order valence-electron chi connectivity index (χ0n) is 48.7. The number of quaternary nitrogens is 1. The normalized spacial score (nSPS) is 14.0. The van der Waals surface area contributed by atoms with Gasteiger partial charge in [-0.3, -0.25) is 9.59 Å². The van der Waals surface area contributed by atoms with Crippen LogP contribution < -0.4 is 5.11 Å². The van der Waals surface area contributed by atoms with Gasteiger partial charge in [0.05, 0.1) is 40.3 Å². The van der Waals surface area contributed by atoms with Gasteiger partial charge in [-0.25, -0.2) is 0 Å². The summed E-state index contributed by atoms with van der Waals surface area (Å²) >= 11 is 0. The van der Waals surface area contributed by atoms with E-state index in [-0.39, 0.29) is 32.7 Å². The minimum Gasteiger partial charge on any atom is -0.545 e. The number of unbranched alkanes of at least 4 members (excludes halogenated alkanes) is 8. The van der Waals surface area contributed by atoms with Crippen molar-refractivity contribution in [2.75, 3.05) is 47.5 Å². The van der Waals surface area contributed by atoms with E-state index in [0.29, 0.717) is 23.9 Å². The molecule has 2 unspecified atom stereocenters. The number of ether oxygens (including phenoxy) is 4. The maximum Gasteiger partial charge on any atom is 0.306 e. The van der Waals surface area contributed by atoms with E-state index >= 15 is 0 Å². The van der Waals surface area contributed by atoms with Gasteiger partial charge in [-0.1, -0.05) is 210 Å². The Morgan fingerprint density at radius 1 is 0.390 bits per heavy atom. The molecule has 0 aromatic carbocycles. The quantitative estimate of drug-likeness (QED) is 0.0195. The first-order valence-corrected chi connectivity index (χ1v) is 29.3. The molecule has 0 aromatic heterocycles. The molecule has 0 aliphatic carbocycles. The molecule has 0 rings (SSSR count). The Morgan fingerprint density at radius 3 is 1.06 bits per heavy atom. The van der Waals surface area contributed by atoms with E-state index in [2.05, 4.69) is 184 Å². The molecule has 77 heavy (non-hydrogen) atoms. The van der Waals surface area contributed by atoms with Crippen LogP contribution in [0.3, 0.4) is 0 Å². The van der Waals surface area contributed by atoms with Gasteiger partial charge in [0.25, 0.3) is 0 Å². The molecule has 9 heteroatoms. The molecule has 9 nitrogen and oxygen atoms in total. The van der Waals surface area contributed by atoms with Crippen molar-refractivity contribution in [3.63, 3.8) is 0 Å². The lowest BCUT2D eigenvalue weighted by atomic mass is 10.1. The van der Waals surface area contributed by atoms with Crippen molar-refractivity contribution in [2.24, 2.45) is 0 Å². The lowest BCUT2D eigenvalue weighted by Crippen LogP contribution is -2.44. The van der Waals surface area contributed by atoms with E-state index in [9.17, 15) is 19.5 Å². The van der Waals surface area contributed by atoms with E-state index in [4.69, 9.17) is 18.9 Å². The highest BCUT2D eigenvalue weighted by atomic mass is 16.7. The number of carboxylic acid groups (broad SMARTS) is 1. The van der Waals surface area contributed by atoms with Crippen LogP contribution in [0.25, 0.3) is 0 Å². The van der Waals surface area contributed by atoms with Crippen LogP contribution in [0, 0.1) is 0 Å². The van der Waals surface area contributed by atoms with Gasteiger partial charge in [-0.15, -0.1) is 0 Å². The number of aliphatic carboxylic acids is 1. The lowest BCUT2D eigenvalue weighted by molar-refractivity contribution is -0.870. The maximum atomic E-state index is 12.9. The predicted molar refractivity (Wildman–Crippen MR) is 324 cm³/mol. The Balaban J connectivity index is 4.41. The Labute approximate surface area is 469 Å². The van der Waals surface area contributed by atoms with Crippen LogP contribution in [-0.2, 0) is 33.3 Å². The van der Waals surface area contributed by atoms with E-state index < -0.39 is 30.3 Å². The summed E-state index contributed by atoms with van der Waals surface area (Å²) in [5, 5.41) is 11.8. The Kier molecular flexibility index (Phi) is 52.9. The number of likely N-dealkylation sites (N-methyl/N-ethyl adjacent to an activating group) is 1. The summed E-state index contributed by atoms with van der Waals surface area (Å²) in [5.74, 6) is -2.39. The second kappa shape index (κ2) is 56.8. The zero-order valence-corrected chi connectivity index (χ0v) is 48.7. The van der Waals surface area contributed by atoms with E-state index in [1.54, 1.807) is 0 Å². The number of allylic oxidation sites excluding steroid dienone is 28. The smallest absolute Gasteiger partial charge is 0.306 e. The fourth-order valence-corrected chi connectivity index (χ4v) is 7.02. The van der Waals surface area contributed by atoms with Gasteiger partial charge >= 0.3 is 11.9 Å². The van der Waals surface area contributed by atoms with Crippen molar-refractivity contribution in [1.29, 1.82) is 0 Å². The second-order valence-electron chi connectivity index (χ2n) is 19.8. The Bertz CT molecular complexity index is 1860. The van der Waals surface area contributed by atoms with E-state index in [1.807, 2.05) is 21.1 Å². The van der Waals surface area contributed by atoms with Crippen LogP contribution in [0.1, 0.15) is 181 Å². The summed E-state index contributed by atoms with van der Waals surface area (Å²) in [5.41, 5.74) is 0. The first kappa shape index (κ1) is 71.7. The third kappa shape index (κ3) is 58.2. The molecule has 0 saturated carbocycles. The molecule has 0 bridgehead atoms. The molecular formula is C68H105NO8. The highest BCUT2D eigenvalue weighted by Crippen LogP contribution is 2.12. The van der Waals surface area contributed by atoms with Gasteiger partial charge in [-0.05, 0) is 128 Å². The van der Waals surface area contributed by atoms with Crippen LogP contribution in [-0.4, -0.2) is 82.3 Å². The third-order valence-electron chi connectivity index (χ3n) is 11.5. The number of hydrogen-bond acceptors (Lipinski definition) is 8. The van der Waals surface area contributed by atoms with Crippen molar-refractivity contribution in [3.05, 3.63) is 170 Å². The number of rotatable bonds is 51. The second-order valence-corrected chi connectivity index (χ2v) is 19.8. The van der Waals surface area contributed by atoms with Crippen molar-refractivity contribution in [1.82, 2.24) is 0 Å². The fourth-order valence-electron chi connectivity index (χ4n) is 7.02. The topological polar surface area (TPSA) is 111 Å². The summed E-state index contributed by atoms with van der Waals surface area (Å²) in [6, 6.07) is 0. The Morgan fingerprint density at radius 2 is 0.701 bits per heavy atom. The summed E-state index contributed by atoms with van der Waals surface area (Å²) in [7, 11) is 5.88. The predicted octanol–water partition coefficient (Wildman–Crippen LogP) is 16.2. The average Bonchev–Trinajstić information content (AvgIpc) is 3.40. The minimum absolute atomic E-state index is 0.126. The van der Waals surface area contributed by atoms with Crippen LogP contribution in [0.5, 0.6) is 0 Å². The van der Waals surface area contributed by atoms with Gasteiger partial charge in [0.15, 0.2) is 12.4 Å². The molecule has 0 fully saturated rings. The van der Waals surface area contributed by atoms with Gasteiger partial charge in [0.1, 0.15) is 13.2 Å². The first-order chi connectivity index (χ1) is 37.6. The van der Waals surface area contributed by atoms with Gasteiger partial charge in [-0.2, -0.15) is 0 Å². The van der Waals surface area contributed by atoms with Crippen molar-refractivity contribution in [3.8, 4) is 0 Å². The zero-order chi connectivity index (χ0) is 56.2. The molecule has 0 aliphatic heterocycles. The largest absolute Gasteiger partial charge is 0.545 e. The summed E-state index contributed by atoms with van der Waals surface area (Å²) in [6.45, 7) is 4.41. The minimum atomic E-state index is -1.65. The molecule has 0 spiro atoms. The van der Waals surface area contributed by atoms with Crippen molar-refractivity contribution < 1.29 is 42.9 Å². The molecule has 0 aromatic rings. The molecule has 0 heterocycles. The van der Waals surface area contributed by atoms with E-state index in [0.717, 1.165) is 141 Å². The van der Waals surface area contributed by atoms with Crippen LogP contribution in [0.4, 0.5) is 0 Å². The van der Waals surface area contributed by atoms with Crippen LogP contribution in [0.2, 0.25) is 0 Å². The monoisotopic (exact) mass is 1060 g/mol. The fraction of sp³-hybridized carbons (Fsp3) is 0.544. The highest BCUT2D eigenvalue weighted by Gasteiger charge is 2.21. The maximum absolute atomic E-state index is 12.9. The number of carboxylic acids is 1. The molecule has 0 amide bonds. The molecule has 430 valence electrons. The van der Waals surface area contributed by atoms with E-state index in [1.165, 1.54) is 0 Å². The molecule has 0 aliphatic rings. The number of nitrogens with zero attached hydrogens (tertiary/aromatic N) is 1. The van der Waals surface area contributed by atoms with Crippen molar-refractivity contribution in [2.45, 2.75) is 193 Å². The number of esters is 2. The SMILES string of the molecule is CC/C=C\C/C=C\C/C=C\C/C=C\C/C=C\C/C=C\C/C=C\C/C=C\C/C=C\C/C=C\CCCCC(=O)OC(COC(=O)CCCCCCCC/C=C\C/C=C\C/C=C\C/C=C\CC)COC(OCC[N+](C)(C)C)C(=O)[O-]. The standard InChI is InChI=1S/C68H105NO8/c1-6-8-10-12-14-16-18-20-22-24-26-27-28-29-30-31-32-33-34-35-36-37-38-39-41-43-45-47-49-51-53-55-57-59-66(71)77-64(63-76-68(67(72)73)74-61-60-69(3,4)5)62-75-65(70)58-56-54-52-50-48-46-44-42-40-25-23-21-19-17-15-13-11-9-7-2/h8-11,14-17,20-23,26-27,29-30,32-33,35-36,38-40,42-43,45,49,51,64,68H,6-7,12-13,18-19,24-25,28,31,34,37,41,44,46-48,50,52-63H2,1-5H3/b10-8-,11-9-,16-14-,17-15-,22-20-,23-21-,27-26-,30-29-,33-32-,36-35-,39-38-,42-40-,45-43-,51-49-.